The zero-order valence-corrected chi connectivity index (χ0v) is 11.5. The summed E-state index contributed by atoms with van der Waals surface area (Å²) < 4.78 is 5.80. The maximum Gasteiger partial charge on any atom is 0.188 e. The molecule has 0 atom stereocenters. The molecule has 1 aromatic carbocycles. The molecule has 0 aliphatic carbocycles. The maximum atomic E-state index is 8.65. The first-order valence-electron chi connectivity index (χ1n) is 6.23. The highest BCUT2D eigenvalue weighted by molar-refractivity contribution is 5.95. The van der Waals surface area contributed by atoms with Crippen molar-refractivity contribution in [3.05, 3.63) is 58.9 Å². The lowest BCUT2D eigenvalue weighted by molar-refractivity contribution is 0.303. The van der Waals surface area contributed by atoms with Crippen LogP contribution in [0.5, 0.6) is 5.75 Å². The average Bonchev–Trinajstić information content (AvgIpc) is 2.48. The Bertz CT molecular complexity index is 639. The van der Waals surface area contributed by atoms with Crippen LogP contribution < -0.4 is 10.5 Å². The van der Waals surface area contributed by atoms with Gasteiger partial charge in [-0.2, -0.15) is 0 Å². The summed E-state index contributed by atoms with van der Waals surface area (Å²) in [5, 5.41) is 11.6. The van der Waals surface area contributed by atoms with Crippen molar-refractivity contribution in [1.29, 1.82) is 0 Å². The Labute approximate surface area is 117 Å². The molecule has 104 valence electrons. The minimum atomic E-state index is -0.0152. The second kappa shape index (κ2) is 6.06. The van der Waals surface area contributed by atoms with Gasteiger partial charge < -0.3 is 15.7 Å². The average molecular weight is 271 g/mol. The molecule has 20 heavy (non-hydrogen) atoms. The second-order valence-corrected chi connectivity index (χ2v) is 4.52. The number of oxime groups is 1. The monoisotopic (exact) mass is 271 g/mol. The summed E-state index contributed by atoms with van der Waals surface area (Å²) in [7, 11) is 0. The first-order chi connectivity index (χ1) is 9.61. The lowest BCUT2D eigenvalue weighted by Gasteiger charge is -2.11. The number of hydrogen-bond donors (Lipinski definition) is 2. The van der Waals surface area contributed by atoms with Crippen LogP contribution in [-0.4, -0.2) is 16.0 Å². The van der Waals surface area contributed by atoms with Gasteiger partial charge >= 0.3 is 0 Å². The van der Waals surface area contributed by atoms with Crippen molar-refractivity contribution in [2.24, 2.45) is 10.9 Å². The largest absolute Gasteiger partial charge is 0.489 e. The Morgan fingerprint density at radius 1 is 1.35 bits per heavy atom. The van der Waals surface area contributed by atoms with Gasteiger partial charge in [0.1, 0.15) is 18.1 Å². The van der Waals surface area contributed by atoms with Gasteiger partial charge in [0, 0.05) is 6.20 Å². The molecule has 0 radical (unpaired) electrons. The Morgan fingerprint density at radius 2 is 2.15 bits per heavy atom. The highest BCUT2D eigenvalue weighted by atomic mass is 16.5. The van der Waals surface area contributed by atoms with Gasteiger partial charge in [-0.3, -0.25) is 4.98 Å². The summed E-state index contributed by atoms with van der Waals surface area (Å²) >= 11 is 0. The predicted octanol–water partition coefficient (Wildman–Crippen LogP) is 2.37. The molecule has 0 amide bonds. The van der Waals surface area contributed by atoms with Crippen LogP contribution in [-0.2, 0) is 6.61 Å². The fraction of sp³-hybridized carbons (Fsp3) is 0.200. The first kappa shape index (κ1) is 13.9. The highest BCUT2D eigenvalue weighted by Gasteiger charge is 2.05. The van der Waals surface area contributed by atoms with Crippen LogP contribution in [0.1, 0.15) is 22.4 Å². The molecule has 0 bridgehead atoms. The molecular weight excluding hydrogens is 254 g/mol. The number of rotatable bonds is 4. The highest BCUT2D eigenvalue weighted by Crippen LogP contribution is 2.21. The zero-order valence-electron chi connectivity index (χ0n) is 11.5. The summed E-state index contributed by atoms with van der Waals surface area (Å²) in [6.07, 6.45) is 1.61. The molecule has 5 heteroatoms. The number of nitrogens with two attached hydrogens (primary N) is 1. The van der Waals surface area contributed by atoms with Crippen molar-refractivity contribution in [2.45, 2.75) is 20.5 Å². The minimum absolute atomic E-state index is 0.0152. The SMILES string of the molecule is Cc1cccc(OCc2ccnc(C(N)=NO)c2)c1C. The number of hydrogen-bond acceptors (Lipinski definition) is 4. The van der Waals surface area contributed by atoms with Gasteiger partial charge in [0.25, 0.3) is 0 Å². The second-order valence-electron chi connectivity index (χ2n) is 4.52. The van der Waals surface area contributed by atoms with Gasteiger partial charge in [0.2, 0.25) is 0 Å². The van der Waals surface area contributed by atoms with Crippen molar-refractivity contribution in [2.75, 3.05) is 0 Å². The normalized spacial score (nSPS) is 11.4. The molecular formula is C15H17N3O2. The van der Waals surface area contributed by atoms with E-state index in [2.05, 4.69) is 10.1 Å². The van der Waals surface area contributed by atoms with Crippen LogP contribution in [0, 0.1) is 13.8 Å². The van der Waals surface area contributed by atoms with Gasteiger partial charge in [-0.25, -0.2) is 0 Å². The molecule has 0 fully saturated rings. The van der Waals surface area contributed by atoms with Crippen LogP contribution in [0.4, 0.5) is 0 Å². The van der Waals surface area contributed by atoms with Crippen molar-refractivity contribution in [3.63, 3.8) is 0 Å². The van der Waals surface area contributed by atoms with E-state index in [0.29, 0.717) is 12.3 Å². The smallest absolute Gasteiger partial charge is 0.188 e. The van der Waals surface area contributed by atoms with Crippen molar-refractivity contribution in [3.8, 4) is 5.75 Å². The van der Waals surface area contributed by atoms with E-state index in [1.807, 2.05) is 38.1 Å². The zero-order chi connectivity index (χ0) is 14.5. The number of nitrogens with zero attached hydrogens (tertiary/aromatic N) is 2. The van der Waals surface area contributed by atoms with E-state index < -0.39 is 0 Å². The molecule has 0 saturated carbocycles. The van der Waals surface area contributed by atoms with Crippen LogP contribution >= 0.6 is 0 Å². The van der Waals surface area contributed by atoms with Gasteiger partial charge in [-0.05, 0) is 48.7 Å². The quantitative estimate of drug-likeness (QED) is 0.387. The molecule has 0 saturated heterocycles. The van der Waals surface area contributed by atoms with Gasteiger partial charge in [-0.15, -0.1) is 0 Å². The van der Waals surface area contributed by atoms with Crippen molar-refractivity contribution in [1.82, 2.24) is 4.98 Å². The Balaban J connectivity index is 2.13. The van der Waals surface area contributed by atoms with Crippen LogP contribution in [0.25, 0.3) is 0 Å². The molecule has 0 spiro atoms. The number of pyridine rings is 1. The van der Waals surface area contributed by atoms with E-state index in [4.69, 9.17) is 15.7 Å². The molecule has 0 aliphatic rings. The lowest BCUT2D eigenvalue weighted by Crippen LogP contribution is -2.15. The molecule has 1 heterocycles. The third-order valence-corrected chi connectivity index (χ3v) is 3.14. The standard InChI is InChI=1S/C15H17N3O2/c1-10-4-3-5-14(11(10)2)20-9-12-6-7-17-13(8-12)15(16)18-19/h3-8,19H,9H2,1-2H3,(H2,16,18). The van der Waals surface area contributed by atoms with Crippen LogP contribution in [0.3, 0.4) is 0 Å². The third-order valence-electron chi connectivity index (χ3n) is 3.14. The number of aryl methyl sites for hydroxylation is 1. The van der Waals surface area contributed by atoms with Gasteiger partial charge in [0.05, 0.1) is 0 Å². The lowest BCUT2D eigenvalue weighted by atomic mass is 10.1. The summed E-state index contributed by atoms with van der Waals surface area (Å²) in [5.74, 6) is 0.839. The molecule has 2 rings (SSSR count). The third kappa shape index (κ3) is 3.06. The van der Waals surface area contributed by atoms with Crippen LogP contribution in [0.2, 0.25) is 0 Å². The molecule has 0 unspecified atom stereocenters. The maximum absolute atomic E-state index is 8.65. The molecule has 0 aliphatic heterocycles. The van der Waals surface area contributed by atoms with Crippen LogP contribution in [0.15, 0.2) is 41.7 Å². The van der Waals surface area contributed by atoms with E-state index in [1.54, 1.807) is 12.3 Å². The fourth-order valence-corrected chi connectivity index (χ4v) is 1.80. The minimum Gasteiger partial charge on any atom is -0.489 e. The Kier molecular flexibility index (Phi) is 4.20. The van der Waals surface area contributed by atoms with E-state index in [-0.39, 0.29) is 5.84 Å². The topological polar surface area (TPSA) is 80.7 Å². The number of aromatic nitrogens is 1. The molecule has 1 aromatic heterocycles. The first-order valence-corrected chi connectivity index (χ1v) is 6.23. The van der Waals surface area contributed by atoms with Crippen molar-refractivity contribution < 1.29 is 9.94 Å². The van der Waals surface area contributed by atoms with Gasteiger partial charge in [0.15, 0.2) is 5.84 Å². The summed E-state index contributed by atoms with van der Waals surface area (Å²) in [6.45, 7) is 4.47. The summed E-state index contributed by atoms with van der Waals surface area (Å²) in [6, 6.07) is 9.52. The number of ether oxygens (including phenoxy) is 1. The van der Waals surface area contributed by atoms with E-state index in [0.717, 1.165) is 16.9 Å². The van der Waals surface area contributed by atoms with E-state index in [1.165, 1.54) is 5.56 Å². The van der Waals surface area contributed by atoms with Gasteiger partial charge in [-0.1, -0.05) is 17.3 Å². The number of benzene rings is 1. The summed E-state index contributed by atoms with van der Waals surface area (Å²) in [4.78, 5) is 4.03. The Morgan fingerprint density at radius 3 is 2.90 bits per heavy atom. The van der Waals surface area contributed by atoms with E-state index in [9.17, 15) is 0 Å². The predicted molar refractivity (Wildman–Crippen MR) is 77.0 cm³/mol. The molecule has 3 N–H and O–H groups in total. The molecule has 2 aromatic rings. The summed E-state index contributed by atoms with van der Waals surface area (Å²) in [5.41, 5.74) is 9.15. The number of amidine groups is 1. The van der Waals surface area contributed by atoms with E-state index >= 15 is 0 Å². The van der Waals surface area contributed by atoms with Crippen molar-refractivity contribution >= 4 is 5.84 Å². The Hall–Kier alpha value is -2.56. The molecule has 5 nitrogen and oxygen atoms in total. The fourth-order valence-electron chi connectivity index (χ4n) is 1.80.